The third kappa shape index (κ3) is 3.37. The van der Waals surface area contributed by atoms with Crippen molar-refractivity contribution in [2.75, 3.05) is 37.8 Å². The van der Waals surface area contributed by atoms with E-state index >= 15 is 0 Å². The number of ether oxygens (including phenoxy) is 1. The fourth-order valence-electron chi connectivity index (χ4n) is 2.01. The molecule has 0 saturated carbocycles. The van der Waals surface area contributed by atoms with Crippen molar-refractivity contribution in [2.45, 2.75) is 19.4 Å². The molecule has 1 saturated heterocycles. The molecule has 1 atom stereocenters. The second-order valence-corrected chi connectivity index (χ2v) is 7.15. The van der Waals surface area contributed by atoms with Crippen molar-refractivity contribution in [3.8, 4) is 5.88 Å². The first-order chi connectivity index (χ1) is 9.42. The summed E-state index contributed by atoms with van der Waals surface area (Å²) in [6.45, 7) is 2.53. The second-order valence-electron chi connectivity index (χ2n) is 4.90. The van der Waals surface area contributed by atoms with E-state index in [1.807, 2.05) is 19.0 Å². The van der Waals surface area contributed by atoms with E-state index in [2.05, 4.69) is 9.97 Å². The van der Waals surface area contributed by atoms with E-state index in [1.54, 1.807) is 19.3 Å². The summed E-state index contributed by atoms with van der Waals surface area (Å²) in [4.78, 5) is 10.2. The molecule has 1 aromatic rings. The molecule has 0 radical (unpaired) electrons. The molecule has 1 aromatic heterocycles. The zero-order chi connectivity index (χ0) is 14.8. The highest BCUT2D eigenvalue weighted by molar-refractivity contribution is 7.89. The average molecular weight is 300 g/mol. The molecule has 112 valence electrons. The van der Waals surface area contributed by atoms with Crippen LogP contribution in [0.15, 0.2) is 12.4 Å². The first-order valence-corrected chi connectivity index (χ1v) is 8.17. The summed E-state index contributed by atoms with van der Waals surface area (Å²) in [6, 6.07) is 0. The Balaban J connectivity index is 2.00. The SMILES string of the molecule is CCS(=O)(=O)N1CCC(Oc2cncc(N(C)C)n2)C1. The van der Waals surface area contributed by atoms with Crippen LogP contribution >= 0.6 is 0 Å². The number of aromatic nitrogens is 2. The minimum absolute atomic E-state index is 0.121. The maximum Gasteiger partial charge on any atom is 0.234 e. The van der Waals surface area contributed by atoms with E-state index in [1.165, 1.54) is 4.31 Å². The summed E-state index contributed by atoms with van der Waals surface area (Å²) in [6.07, 6.45) is 3.70. The van der Waals surface area contributed by atoms with Crippen LogP contribution < -0.4 is 9.64 Å². The van der Waals surface area contributed by atoms with Gasteiger partial charge in [-0.2, -0.15) is 9.29 Å². The van der Waals surface area contributed by atoms with Gasteiger partial charge in [0.2, 0.25) is 15.9 Å². The van der Waals surface area contributed by atoms with Gasteiger partial charge in [-0.3, -0.25) is 4.98 Å². The Hall–Kier alpha value is -1.41. The number of anilines is 1. The molecule has 1 fully saturated rings. The van der Waals surface area contributed by atoms with Crippen molar-refractivity contribution in [3.05, 3.63) is 12.4 Å². The molecule has 20 heavy (non-hydrogen) atoms. The highest BCUT2D eigenvalue weighted by Crippen LogP contribution is 2.20. The fraction of sp³-hybridized carbons (Fsp3) is 0.667. The molecular formula is C12H20N4O3S. The van der Waals surface area contributed by atoms with Gasteiger partial charge in [-0.1, -0.05) is 0 Å². The predicted octanol–water partition coefficient (Wildman–Crippen LogP) is 0.345. The van der Waals surface area contributed by atoms with Crippen LogP contribution in [-0.4, -0.2) is 61.7 Å². The molecule has 1 unspecified atom stereocenters. The minimum Gasteiger partial charge on any atom is -0.472 e. The molecule has 0 aliphatic carbocycles. The highest BCUT2D eigenvalue weighted by Gasteiger charge is 2.31. The number of rotatable bonds is 5. The van der Waals surface area contributed by atoms with Crippen LogP contribution in [0.2, 0.25) is 0 Å². The number of hydrogen-bond donors (Lipinski definition) is 0. The Kier molecular flexibility index (Phi) is 4.44. The van der Waals surface area contributed by atoms with E-state index < -0.39 is 10.0 Å². The maximum atomic E-state index is 11.8. The normalized spacial score (nSPS) is 20.1. The van der Waals surface area contributed by atoms with Crippen LogP contribution in [0.5, 0.6) is 5.88 Å². The summed E-state index contributed by atoms with van der Waals surface area (Å²) < 4.78 is 30.8. The lowest BCUT2D eigenvalue weighted by molar-refractivity contribution is 0.206. The molecular weight excluding hydrogens is 280 g/mol. The van der Waals surface area contributed by atoms with Gasteiger partial charge in [0.1, 0.15) is 6.10 Å². The van der Waals surface area contributed by atoms with E-state index in [4.69, 9.17) is 4.74 Å². The van der Waals surface area contributed by atoms with Gasteiger partial charge in [0, 0.05) is 20.6 Å². The first-order valence-electron chi connectivity index (χ1n) is 6.56. The Morgan fingerprint density at radius 2 is 2.20 bits per heavy atom. The van der Waals surface area contributed by atoms with E-state index in [0.717, 1.165) is 0 Å². The molecule has 2 heterocycles. The van der Waals surface area contributed by atoms with Gasteiger partial charge in [-0.05, 0) is 13.3 Å². The molecule has 0 spiro atoms. The third-order valence-electron chi connectivity index (χ3n) is 3.21. The lowest BCUT2D eigenvalue weighted by Crippen LogP contribution is -2.32. The lowest BCUT2D eigenvalue weighted by atomic mass is 10.3. The molecule has 0 aromatic carbocycles. The molecule has 2 rings (SSSR count). The van der Waals surface area contributed by atoms with Gasteiger partial charge in [-0.25, -0.2) is 8.42 Å². The summed E-state index contributed by atoms with van der Waals surface area (Å²) in [5.41, 5.74) is 0. The Morgan fingerprint density at radius 1 is 1.45 bits per heavy atom. The van der Waals surface area contributed by atoms with Gasteiger partial charge in [-0.15, -0.1) is 0 Å². The second kappa shape index (κ2) is 5.92. The first kappa shape index (κ1) is 15.0. The monoisotopic (exact) mass is 300 g/mol. The summed E-state index contributed by atoms with van der Waals surface area (Å²) in [7, 11) is 0.612. The standard InChI is InChI=1S/C12H20N4O3S/c1-4-20(17,18)16-6-5-10(9-16)19-12-8-13-7-11(14-12)15(2)3/h7-8,10H,4-6,9H2,1-3H3. The van der Waals surface area contributed by atoms with Crippen LogP contribution in [0, 0.1) is 0 Å². The Morgan fingerprint density at radius 3 is 2.85 bits per heavy atom. The quantitative estimate of drug-likeness (QED) is 0.781. The average Bonchev–Trinajstić information content (AvgIpc) is 2.88. The molecule has 0 amide bonds. The van der Waals surface area contributed by atoms with Gasteiger partial charge in [0.25, 0.3) is 0 Å². The van der Waals surface area contributed by atoms with Crippen molar-refractivity contribution in [3.63, 3.8) is 0 Å². The molecule has 7 nitrogen and oxygen atoms in total. The van der Waals surface area contributed by atoms with E-state index in [0.29, 0.717) is 31.2 Å². The molecule has 8 heteroatoms. The largest absolute Gasteiger partial charge is 0.472 e. The summed E-state index contributed by atoms with van der Waals surface area (Å²) >= 11 is 0. The van der Waals surface area contributed by atoms with Crippen LogP contribution in [0.4, 0.5) is 5.82 Å². The highest BCUT2D eigenvalue weighted by atomic mass is 32.2. The van der Waals surface area contributed by atoms with Crippen LogP contribution in [0.1, 0.15) is 13.3 Å². The third-order valence-corrected chi connectivity index (χ3v) is 5.06. The van der Waals surface area contributed by atoms with Crippen LogP contribution in [0.25, 0.3) is 0 Å². The van der Waals surface area contributed by atoms with Gasteiger partial charge < -0.3 is 9.64 Å². The van der Waals surface area contributed by atoms with Crippen LogP contribution in [0.3, 0.4) is 0 Å². The maximum absolute atomic E-state index is 11.8. The van der Waals surface area contributed by atoms with E-state index in [9.17, 15) is 8.42 Å². The van der Waals surface area contributed by atoms with Crippen molar-refractivity contribution >= 4 is 15.8 Å². The zero-order valence-corrected chi connectivity index (χ0v) is 12.8. The Labute approximate surface area is 119 Å². The Bertz CT molecular complexity index is 562. The topological polar surface area (TPSA) is 75.6 Å². The number of hydrogen-bond acceptors (Lipinski definition) is 6. The smallest absolute Gasteiger partial charge is 0.234 e. The minimum atomic E-state index is -3.14. The number of sulfonamides is 1. The molecule has 0 bridgehead atoms. The molecule has 1 aliphatic rings. The lowest BCUT2D eigenvalue weighted by Gasteiger charge is -2.16. The van der Waals surface area contributed by atoms with Crippen molar-refractivity contribution in [1.29, 1.82) is 0 Å². The molecule has 0 N–H and O–H groups in total. The van der Waals surface area contributed by atoms with E-state index in [-0.39, 0.29) is 11.9 Å². The summed E-state index contributed by atoms with van der Waals surface area (Å²) in [5, 5.41) is 0. The fourth-order valence-corrected chi connectivity index (χ4v) is 3.15. The molecule has 1 aliphatic heterocycles. The zero-order valence-electron chi connectivity index (χ0n) is 12.0. The van der Waals surface area contributed by atoms with Crippen molar-refractivity contribution in [2.24, 2.45) is 0 Å². The van der Waals surface area contributed by atoms with Gasteiger partial charge in [0.05, 0.1) is 24.7 Å². The summed E-state index contributed by atoms with van der Waals surface area (Å²) in [5.74, 6) is 1.26. The predicted molar refractivity (Wildman–Crippen MR) is 76.4 cm³/mol. The van der Waals surface area contributed by atoms with Gasteiger partial charge >= 0.3 is 0 Å². The van der Waals surface area contributed by atoms with Gasteiger partial charge in [0.15, 0.2) is 5.82 Å². The van der Waals surface area contributed by atoms with Crippen molar-refractivity contribution < 1.29 is 13.2 Å². The van der Waals surface area contributed by atoms with Crippen molar-refractivity contribution in [1.82, 2.24) is 14.3 Å². The van der Waals surface area contributed by atoms with Crippen LogP contribution in [-0.2, 0) is 10.0 Å². The number of nitrogens with zero attached hydrogens (tertiary/aromatic N) is 4.